The summed E-state index contributed by atoms with van der Waals surface area (Å²) in [5.74, 6) is 0.579. The topological polar surface area (TPSA) is 58.1 Å². The molecule has 0 radical (unpaired) electrons. The van der Waals surface area contributed by atoms with Crippen molar-refractivity contribution in [3.8, 4) is 0 Å². The molecule has 2 aromatic rings. The molecule has 1 aliphatic carbocycles. The van der Waals surface area contributed by atoms with E-state index in [0.717, 1.165) is 30.8 Å². The van der Waals surface area contributed by atoms with E-state index in [1.807, 2.05) is 11.0 Å². The number of aromatic nitrogens is 2. The summed E-state index contributed by atoms with van der Waals surface area (Å²) < 4.78 is 0. The minimum atomic E-state index is -0.0399. The Hall–Kier alpha value is -1.95. The maximum absolute atomic E-state index is 12.6. The van der Waals surface area contributed by atoms with E-state index in [4.69, 9.17) is 0 Å². The van der Waals surface area contributed by atoms with Gasteiger partial charge in [0, 0.05) is 18.5 Å². The lowest BCUT2D eigenvalue weighted by molar-refractivity contribution is 0.206. The fourth-order valence-corrected chi connectivity index (χ4v) is 4.05. The zero-order valence-corrected chi connectivity index (χ0v) is 13.8. The number of urea groups is 1. The third kappa shape index (κ3) is 3.37. The van der Waals surface area contributed by atoms with Crippen LogP contribution < -0.4 is 5.32 Å². The first-order valence-electron chi connectivity index (χ1n) is 8.24. The molecule has 1 saturated heterocycles. The van der Waals surface area contributed by atoms with Gasteiger partial charge in [-0.05, 0) is 37.7 Å². The van der Waals surface area contributed by atoms with Gasteiger partial charge in [0.1, 0.15) is 5.01 Å². The molecule has 1 N–H and O–H groups in total. The first-order chi connectivity index (χ1) is 11.3. The number of nitrogens with zero attached hydrogens (tertiary/aromatic N) is 3. The molecule has 2 aliphatic rings. The molecular weight excluding hydrogens is 308 g/mol. The van der Waals surface area contributed by atoms with E-state index >= 15 is 0 Å². The maximum Gasteiger partial charge on any atom is 0.323 e. The fraction of sp³-hybridized carbons (Fsp3) is 0.471. The maximum atomic E-state index is 12.6. The van der Waals surface area contributed by atoms with Crippen molar-refractivity contribution in [2.75, 3.05) is 11.9 Å². The molecule has 120 valence electrons. The molecule has 0 spiro atoms. The molecule has 4 rings (SSSR count). The summed E-state index contributed by atoms with van der Waals surface area (Å²) >= 11 is 1.51. The van der Waals surface area contributed by atoms with Gasteiger partial charge in [-0.25, -0.2) is 4.79 Å². The molecular formula is C17H20N4OS. The average molecular weight is 328 g/mol. The van der Waals surface area contributed by atoms with Gasteiger partial charge in [-0.3, -0.25) is 5.32 Å². The lowest BCUT2D eigenvalue weighted by Gasteiger charge is -2.24. The van der Waals surface area contributed by atoms with Gasteiger partial charge in [-0.2, -0.15) is 0 Å². The van der Waals surface area contributed by atoms with Gasteiger partial charge in [-0.15, -0.1) is 10.2 Å². The van der Waals surface area contributed by atoms with E-state index in [0.29, 0.717) is 11.0 Å². The molecule has 1 aromatic carbocycles. The van der Waals surface area contributed by atoms with Crippen LogP contribution in [-0.2, 0) is 6.42 Å². The predicted octanol–water partition coefficient (Wildman–Crippen LogP) is 3.65. The Kier molecular flexibility index (Phi) is 3.99. The second-order valence-corrected chi connectivity index (χ2v) is 7.34. The van der Waals surface area contributed by atoms with E-state index in [9.17, 15) is 4.79 Å². The summed E-state index contributed by atoms with van der Waals surface area (Å²) in [6, 6.07) is 10.6. The number of rotatable bonds is 4. The van der Waals surface area contributed by atoms with Crippen molar-refractivity contribution in [3.63, 3.8) is 0 Å². The Morgan fingerprint density at radius 2 is 2.04 bits per heavy atom. The van der Waals surface area contributed by atoms with Crippen LogP contribution in [0.1, 0.15) is 42.2 Å². The number of benzene rings is 1. The van der Waals surface area contributed by atoms with Gasteiger partial charge in [0.2, 0.25) is 5.13 Å². The Morgan fingerprint density at radius 1 is 1.22 bits per heavy atom. The minimum absolute atomic E-state index is 0.0399. The van der Waals surface area contributed by atoms with Gasteiger partial charge >= 0.3 is 6.03 Å². The largest absolute Gasteiger partial charge is 0.323 e. The number of likely N-dealkylation sites (tertiary alicyclic amines) is 1. The summed E-state index contributed by atoms with van der Waals surface area (Å²) in [6.07, 6.45) is 5.44. The first kappa shape index (κ1) is 14.6. The molecule has 23 heavy (non-hydrogen) atoms. The molecule has 1 saturated carbocycles. The molecule has 1 aliphatic heterocycles. The molecule has 6 heteroatoms. The number of nitrogens with one attached hydrogen (secondary N) is 1. The van der Waals surface area contributed by atoms with Gasteiger partial charge in [-0.1, -0.05) is 41.7 Å². The number of anilines is 1. The quantitative estimate of drug-likeness (QED) is 0.932. The van der Waals surface area contributed by atoms with Gasteiger partial charge < -0.3 is 4.90 Å². The Balaban J connectivity index is 1.39. The Morgan fingerprint density at radius 3 is 2.83 bits per heavy atom. The van der Waals surface area contributed by atoms with Crippen molar-refractivity contribution in [1.82, 2.24) is 15.1 Å². The van der Waals surface area contributed by atoms with E-state index < -0.39 is 0 Å². The van der Waals surface area contributed by atoms with E-state index in [2.05, 4.69) is 39.8 Å². The summed E-state index contributed by atoms with van der Waals surface area (Å²) in [6.45, 7) is 0.817. The number of hydrogen-bond donors (Lipinski definition) is 1. The van der Waals surface area contributed by atoms with Crippen molar-refractivity contribution in [3.05, 3.63) is 40.9 Å². The molecule has 1 atom stereocenters. The van der Waals surface area contributed by atoms with Crippen LogP contribution in [0.2, 0.25) is 0 Å². The van der Waals surface area contributed by atoms with Crippen LogP contribution in [0, 0.1) is 0 Å². The summed E-state index contributed by atoms with van der Waals surface area (Å²) in [7, 11) is 0. The van der Waals surface area contributed by atoms with Crippen molar-refractivity contribution >= 4 is 22.5 Å². The molecule has 2 heterocycles. The lowest BCUT2D eigenvalue weighted by Crippen LogP contribution is -2.39. The first-order valence-corrected chi connectivity index (χ1v) is 9.06. The molecule has 5 nitrogen and oxygen atoms in total. The number of hydrogen-bond acceptors (Lipinski definition) is 4. The van der Waals surface area contributed by atoms with E-state index in [-0.39, 0.29) is 12.1 Å². The molecule has 2 fully saturated rings. The summed E-state index contributed by atoms with van der Waals surface area (Å²) in [4.78, 5) is 14.5. The second-order valence-electron chi connectivity index (χ2n) is 6.33. The lowest BCUT2D eigenvalue weighted by atomic mass is 10.0. The molecule has 0 bridgehead atoms. The van der Waals surface area contributed by atoms with Crippen molar-refractivity contribution in [1.29, 1.82) is 0 Å². The number of carbonyl (C=O) groups is 1. The SMILES string of the molecule is O=C(Nc1nnc(C2CC2)s1)N1CCC[C@H]1Cc1ccccc1. The van der Waals surface area contributed by atoms with Gasteiger partial charge in [0.15, 0.2) is 0 Å². The van der Waals surface area contributed by atoms with Crippen LogP contribution in [0.5, 0.6) is 0 Å². The zero-order chi connectivity index (χ0) is 15.6. The zero-order valence-electron chi connectivity index (χ0n) is 12.9. The normalized spacial score (nSPS) is 20.7. The van der Waals surface area contributed by atoms with Crippen molar-refractivity contribution in [2.45, 2.75) is 44.1 Å². The molecule has 1 aromatic heterocycles. The average Bonchev–Trinajstić information content (AvgIpc) is 3.13. The van der Waals surface area contributed by atoms with E-state index in [1.165, 1.54) is 29.7 Å². The van der Waals surface area contributed by atoms with Crippen LogP contribution >= 0.6 is 11.3 Å². The summed E-state index contributed by atoms with van der Waals surface area (Å²) in [5, 5.41) is 12.9. The standard InChI is InChI=1S/C17H20N4OS/c22-17(18-16-20-19-15(23-16)13-8-9-13)21-10-4-7-14(21)11-12-5-2-1-3-6-12/h1-3,5-6,13-14H,4,7-11H2,(H,18,20,22)/t14-/m0/s1. The molecule has 0 unspecified atom stereocenters. The van der Waals surface area contributed by atoms with Crippen LogP contribution in [0.25, 0.3) is 0 Å². The van der Waals surface area contributed by atoms with Crippen LogP contribution in [0.15, 0.2) is 30.3 Å². The number of carbonyl (C=O) groups excluding carboxylic acids is 1. The van der Waals surface area contributed by atoms with Crippen LogP contribution in [0.4, 0.5) is 9.93 Å². The van der Waals surface area contributed by atoms with Crippen molar-refractivity contribution in [2.24, 2.45) is 0 Å². The predicted molar refractivity (Wildman–Crippen MR) is 90.8 cm³/mol. The van der Waals surface area contributed by atoms with Crippen LogP contribution in [0.3, 0.4) is 0 Å². The highest BCUT2D eigenvalue weighted by atomic mass is 32.1. The highest BCUT2D eigenvalue weighted by Gasteiger charge is 2.31. The third-order valence-electron chi connectivity index (χ3n) is 4.53. The third-order valence-corrected chi connectivity index (χ3v) is 5.53. The van der Waals surface area contributed by atoms with Gasteiger partial charge in [0.25, 0.3) is 0 Å². The Labute approximate surface area is 139 Å². The van der Waals surface area contributed by atoms with Crippen molar-refractivity contribution < 1.29 is 4.79 Å². The Bertz CT molecular complexity index is 683. The fourth-order valence-electron chi connectivity index (χ4n) is 3.15. The van der Waals surface area contributed by atoms with Crippen LogP contribution in [-0.4, -0.2) is 33.7 Å². The minimum Gasteiger partial charge on any atom is -0.321 e. The van der Waals surface area contributed by atoms with E-state index in [1.54, 1.807) is 0 Å². The summed E-state index contributed by atoms with van der Waals surface area (Å²) in [5.41, 5.74) is 1.28. The number of amides is 2. The highest BCUT2D eigenvalue weighted by molar-refractivity contribution is 7.15. The smallest absolute Gasteiger partial charge is 0.321 e. The second kappa shape index (κ2) is 6.28. The van der Waals surface area contributed by atoms with Gasteiger partial charge in [0.05, 0.1) is 0 Å². The highest BCUT2D eigenvalue weighted by Crippen LogP contribution is 2.42. The monoisotopic (exact) mass is 328 g/mol. The molecule has 2 amide bonds.